The smallest absolute Gasteiger partial charge is 0.254 e. The molecule has 2 amide bonds. The van der Waals surface area contributed by atoms with Crippen molar-refractivity contribution in [1.82, 2.24) is 20.1 Å². The van der Waals surface area contributed by atoms with E-state index in [4.69, 9.17) is 0 Å². The Morgan fingerprint density at radius 3 is 2.66 bits per heavy atom. The molecule has 168 valence electrons. The summed E-state index contributed by atoms with van der Waals surface area (Å²) in [6.45, 7) is 4.26. The Balaban J connectivity index is 1.56. The summed E-state index contributed by atoms with van der Waals surface area (Å²) in [5.74, 6) is -0.310. The van der Waals surface area contributed by atoms with Crippen LogP contribution in [0.25, 0.3) is 0 Å². The maximum atomic E-state index is 13.7. The number of benzene rings is 2. The number of amides is 2. The SMILES string of the molecule is CC(C)c1cc(I)ccc1NC(=O)CSc1nnc(CNC(=O)c2ccccc2F)n1C. The first kappa shape index (κ1) is 24.2. The second-order valence-corrected chi connectivity index (χ2v) is 9.53. The van der Waals surface area contributed by atoms with Crippen LogP contribution >= 0.6 is 34.4 Å². The fourth-order valence-corrected chi connectivity index (χ4v) is 4.21. The van der Waals surface area contributed by atoms with Crippen molar-refractivity contribution >= 4 is 51.9 Å². The summed E-state index contributed by atoms with van der Waals surface area (Å²) >= 11 is 3.50. The van der Waals surface area contributed by atoms with E-state index in [1.807, 2.05) is 12.1 Å². The second-order valence-electron chi connectivity index (χ2n) is 7.34. The summed E-state index contributed by atoms with van der Waals surface area (Å²) in [5.41, 5.74) is 1.86. The molecule has 0 bridgehead atoms. The number of aromatic nitrogens is 3. The highest BCUT2D eigenvalue weighted by Gasteiger charge is 2.16. The van der Waals surface area contributed by atoms with E-state index in [0.717, 1.165) is 14.8 Å². The van der Waals surface area contributed by atoms with Crippen molar-refractivity contribution in [2.24, 2.45) is 7.05 Å². The van der Waals surface area contributed by atoms with Crippen LogP contribution in [-0.4, -0.2) is 32.3 Å². The Morgan fingerprint density at radius 2 is 1.94 bits per heavy atom. The molecule has 0 atom stereocenters. The lowest BCUT2D eigenvalue weighted by atomic mass is 10.0. The highest BCUT2D eigenvalue weighted by atomic mass is 127. The number of hydrogen-bond acceptors (Lipinski definition) is 5. The van der Waals surface area contributed by atoms with E-state index in [9.17, 15) is 14.0 Å². The lowest BCUT2D eigenvalue weighted by Crippen LogP contribution is -2.25. The third kappa shape index (κ3) is 6.06. The number of nitrogens with one attached hydrogen (secondary N) is 2. The number of carbonyl (C=O) groups excluding carboxylic acids is 2. The van der Waals surface area contributed by atoms with Gasteiger partial charge in [-0.1, -0.05) is 37.7 Å². The van der Waals surface area contributed by atoms with Crippen molar-refractivity contribution in [1.29, 1.82) is 0 Å². The molecule has 1 heterocycles. The van der Waals surface area contributed by atoms with Crippen LogP contribution in [0.1, 0.15) is 41.5 Å². The Labute approximate surface area is 203 Å². The second kappa shape index (κ2) is 10.9. The lowest BCUT2D eigenvalue weighted by molar-refractivity contribution is -0.113. The Hall–Kier alpha value is -2.47. The zero-order chi connectivity index (χ0) is 23.3. The Bertz CT molecular complexity index is 1140. The molecular formula is C22H23FIN5O2S. The van der Waals surface area contributed by atoms with Crippen LogP contribution in [0, 0.1) is 9.39 Å². The Morgan fingerprint density at radius 1 is 1.19 bits per heavy atom. The third-order valence-electron chi connectivity index (χ3n) is 4.69. The van der Waals surface area contributed by atoms with Crippen molar-refractivity contribution in [3.8, 4) is 0 Å². The summed E-state index contributed by atoms with van der Waals surface area (Å²) in [5, 5.41) is 14.3. The largest absolute Gasteiger partial charge is 0.345 e. The van der Waals surface area contributed by atoms with Crippen LogP contribution in [-0.2, 0) is 18.4 Å². The summed E-state index contributed by atoms with van der Waals surface area (Å²) in [4.78, 5) is 24.7. The van der Waals surface area contributed by atoms with Crippen molar-refractivity contribution < 1.29 is 14.0 Å². The molecule has 0 unspecified atom stereocenters. The van der Waals surface area contributed by atoms with E-state index >= 15 is 0 Å². The van der Waals surface area contributed by atoms with Gasteiger partial charge in [0, 0.05) is 16.3 Å². The molecule has 0 saturated heterocycles. The van der Waals surface area contributed by atoms with Gasteiger partial charge in [-0.25, -0.2) is 4.39 Å². The molecular weight excluding hydrogens is 544 g/mol. The van der Waals surface area contributed by atoms with E-state index in [1.165, 1.54) is 30.0 Å². The van der Waals surface area contributed by atoms with Gasteiger partial charge in [-0.15, -0.1) is 10.2 Å². The molecule has 1 aromatic heterocycles. The van der Waals surface area contributed by atoms with Crippen LogP contribution in [0.15, 0.2) is 47.6 Å². The number of anilines is 1. The van der Waals surface area contributed by atoms with E-state index in [2.05, 4.69) is 63.3 Å². The number of rotatable bonds is 8. The van der Waals surface area contributed by atoms with E-state index in [1.54, 1.807) is 17.7 Å². The molecule has 0 radical (unpaired) electrons. The normalized spacial score (nSPS) is 10.9. The maximum absolute atomic E-state index is 13.7. The molecule has 0 spiro atoms. The quantitative estimate of drug-likeness (QED) is 0.313. The standard InChI is InChI=1S/C22H23FIN5O2S/c1-13(2)16-10-14(24)8-9-18(16)26-20(30)12-32-22-28-27-19(29(22)3)11-25-21(31)15-6-4-5-7-17(15)23/h4-10,13H,11-12H2,1-3H3,(H,25,31)(H,26,30). The molecule has 7 nitrogen and oxygen atoms in total. The Kier molecular flexibility index (Phi) is 8.24. The number of carbonyl (C=O) groups is 2. The van der Waals surface area contributed by atoms with Gasteiger partial charge in [0.25, 0.3) is 5.91 Å². The van der Waals surface area contributed by atoms with E-state index in [-0.39, 0.29) is 29.7 Å². The fourth-order valence-electron chi connectivity index (χ4n) is 2.97. The van der Waals surface area contributed by atoms with Gasteiger partial charge < -0.3 is 15.2 Å². The average molecular weight is 567 g/mol. The van der Waals surface area contributed by atoms with Crippen molar-refractivity contribution in [3.05, 3.63) is 68.8 Å². The fraction of sp³-hybridized carbons (Fsp3) is 0.273. The van der Waals surface area contributed by atoms with E-state index in [0.29, 0.717) is 11.0 Å². The molecule has 32 heavy (non-hydrogen) atoms. The minimum absolute atomic E-state index is 0.0303. The molecule has 2 N–H and O–H groups in total. The first-order valence-electron chi connectivity index (χ1n) is 9.89. The maximum Gasteiger partial charge on any atom is 0.254 e. The average Bonchev–Trinajstić information content (AvgIpc) is 3.11. The molecule has 0 saturated carbocycles. The van der Waals surface area contributed by atoms with Gasteiger partial charge in [0.05, 0.1) is 17.9 Å². The van der Waals surface area contributed by atoms with Gasteiger partial charge in [-0.2, -0.15) is 0 Å². The molecule has 2 aromatic carbocycles. The highest BCUT2D eigenvalue weighted by Crippen LogP contribution is 2.26. The third-order valence-corrected chi connectivity index (χ3v) is 6.38. The van der Waals surface area contributed by atoms with Crippen molar-refractivity contribution in [2.45, 2.75) is 31.5 Å². The lowest BCUT2D eigenvalue weighted by Gasteiger charge is -2.14. The van der Waals surface area contributed by atoms with Gasteiger partial charge >= 0.3 is 0 Å². The van der Waals surface area contributed by atoms with Gasteiger partial charge in [-0.3, -0.25) is 9.59 Å². The van der Waals surface area contributed by atoms with Gasteiger partial charge in [0.2, 0.25) is 5.91 Å². The molecule has 0 aliphatic rings. The van der Waals surface area contributed by atoms with Crippen molar-refractivity contribution in [3.63, 3.8) is 0 Å². The van der Waals surface area contributed by atoms with Gasteiger partial charge in [0.15, 0.2) is 11.0 Å². The van der Waals surface area contributed by atoms with Crippen LogP contribution in [0.5, 0.6) is 0 Å². The van der Waals surface area contributed by atoms with Crippen LogP contribution in [0.2, 0.25) is 0 Å². The topological polar surface area (TPSA) is 88.9 Å². The molecule has 10 heteroatoms. The van der Waals surface area contributed by atoms with Gasteiger partial charge in [0.1, 0.15) is 5.82 Å². The minimum atomic E-state index is -0.584. The summed E-state index contributed by atoms with van der Waals surface area (Å²) < 4.78 is 16.6. The van der Waals surface area contributed by atoms with Crippen LogP contribution in [0.4, 0.5) is 10.1 Å². The monoisotopic (exact) mass is 567 g/mol. The number of nitrogens with zero attached hydrogens (tertiary/aromatic N) is 3. The van der Waals surface area contributed by atoms with E-state index < -0.39 is 11.7 Å². The summed E-state index contributed by atoms with van der Waals surface area (Å²) in [6.07, 6.45) is 0. The number of halogens is 2. The first-order valence-corrected chi connectivity index (χ1v) is 12.0. The number of hydrogen-bond donors (Lipinski definition) is 2. The molecule has 3 rings (SSSR count). The molecule has 0 aliphatic heterocycles. The molecule has 0 fully saturated rings. The minimum Gasteiger partial charge on any atom is -0.345 e. The van der Waals surface area contributed by atoms with Crippen LogP contribution in [0.3, 0.4) is 0 Å². The predicted molar refractivity (Wildman–Crippen MR) is 131 cm³/mol. The van der Waals surface area contributed by atoms with Crippen molar-refractivity contribution in [2.75, 3.05) is 11.1 Å². The van der Waals surface area contributed by atoms with Crippen LogP contribution < -0.4 is 10.6 Å². The number of thioether (sulfide) groups is 1. The first-order chi connectivity index (χ1) is 15.3. The zero-order valence-electron chi connectivity index (χ0n) is 17.9. The summed E-state index contributed by atoms with van der Waals surface area (Å²) in [7, 11) is 1.75. The summed E-state index contributed by atoms with van der Waals surface area (Å²) in [6, 6.07) is 11.7. The molecule has 3 aromatic rings. The zero-order valence-corrected chi connectivity index (χ0v) is 20.8. The van der Waals surface area contributed by atoms with Gasteiger partial charge in [-0.05, 0) is 64.4 Å². The molecule has 0 aliphatic carbocycles. The predicted octanol–water partition coefficient (Wildman–Crippen LogP) is 4.34. The highest BCUT2D eigenvalue weighted by molar-refractivity contribution is 14.1.